The molecular formula is C8H8ClNO3. The van der Waals surface area contributed by atoms with E-state index < -0.39 is 5.97 Å². The normalized spacial score (nSPS) is 17.0. The Balaban J connectivity index is 2.32. The summed E-state index contributed by atoms with van der Waals surface area (Å²) in [6, 6.07) is 0. The van der Waals surface area contributed by atoms with Gasteiger partial charge in [0.05, 0.1) is 0 Å². The zero-order valence-corrected chi connectivity index (χ0v) is 7.54. The van der Waals surface area contributed by atoms with E-state index in [2.05, 4.69) is 9.68 Å². The summed E-state index contributed by atoms with van der Waals surface area (Å²) in [5.41, 5.74) is 0.602. The van der Waals surface area contributed by atoms with E-state index in [4.69, 9.17) is 16.7 Å². The molecule has 0 unspecified atom stereocenters. The molecule has 4 nitrogen and oxygen atoms in total. The standard InChI is InChI=1S/C8H8ClNO3/c9-5-6(4-2-1-3-4)10-13-7(5)8(11)12/h4H,1-3H2,(H,11,12). The molecule has 0 atom stereocenters. The topological polar surface area (TPSA) is 63.3 Å². The van der Waals surface area contributed by atoms with Gasteiger partial charge in [-0.05, 0) is 12.8 Å². The lowest BCUT2D eigenvalue weighted by Gasteiger charge is -2.22. The van der Waals surface area contributed by atoms with Gasteiger partial charge in [0.1, 0.15) is 10.7 Å². The Kier molecular flexibility index (Phi) is 2.00. The van der Waals surface area contributed by atoms with E-state index in [-0.39, 0.29) is 10.8 Å². The van der Waals surface area contributed by atoms with Crippen molar-refractivity contribution < 1.29 is 14.4 Å². The van der Waals surface area contributed by atoms with Crippen molar-refractivity contribution in [3.05, 3.63) is 16.5 Å². The summed E-state index contributed by atoms with van der Waals surface area (Å²) in [5.74, 6) is -1.11. The van der Waals surface area contributed by atoms with E-state index in [1.807, 2.05) is 0 Å². The van der Waals surface area contributed by atoms with Crippen LogP contribution >= 0.6 is 11.6 Å². The van der Waals surface area contributed by atoms with Crippen molar-refractivity contribution in [1.82, 2.24) is 5.16 Å². The fourth-order valence-corrected chi connectivity index (χ4v) is 1.66. The number of halogens is 1. The van der Waals surface area contributed by atoms with Crippen molar-refractivity contribution >= 4 is 17.6 Å². The van der Waals surface area contributed by atoms with Crippen molar-refractivity contribution in [2.45, 2.75) is 25.2 Å². The lowest BCUT2D eigenvalue weighted by molar-refractivity contribution is 0.0652. The number of carboxylic acids is 1. The highest BCUT2D eigenvalue weighted by molar-refractivity contribution is 6.33. The molecule has 1 aromatic heterocycles. The lowest BCUT2D eigenvalue weighted by Crippen LogP contribution is -2.09. The van der Waals surface area contributed by atoms with Crippen LogP contribution in [0.5, 0.6) is 0 Å². The molecule has 0 radical (unpaired) electrons. The van der Waals surface area contributed by atoms with Crippen molar-refractivity contribution in [2.75, 3.05) is 0 Å². The molecular weight excluding hydrogens is 194 g/mol. The minimum absolute atomic E-state index is 0.164. The molecule has 0 amide bonds. The van der Waals surface area contributed by atoms with Crippen LogP contribution in [0.25, 0.3) is 0 Å². The van der Waals surface area contributed by atoms with Gasteiger partial charge in [-0.25, -0.2) is 4.79 Å². The maximum Gasteiger partial charge on any atom is 0.376 e. The lowest BCUT2D eigenvalue weighted by atomic mass is 9.83. The van der Waals surface area contributed by atoms with Crippen LogP contribution in [-0.4, -0.2) is 16.2 Å². The molecule has 1 aromatic rings. The monoisotopic (exact) mass is 201 g/mol. The minimum Gasteiger partial charge on any atom is -0.475 e. The molecule has 0 aromatic carbocycles. The number of carbonyl (C=O) groups is 1. The van der Waals surface area contributed by atoms with Crippen LogP contribution in [0.1, 0.15) is 41.4 Å². The van der Waals surface area contributed by atoms with E-state index in [0.29, 0.717) is 11.6 Å². The molecule has 5 heteroatoms. The molecule has 1 saturated carbocycles. The fraction of sp³-hybridized carbons (Fsp3) is 0.500. The molecule has 1 N–H and O–H groups in total. The zero-order chi connectivity index (χ0) is 9.42. The Morgan fingerprint density at radius 2 is 2.31 bits per heavy atom. The Hall–Kier alpha value is -1.03. The summed E-state index contributed by atoms with van der Waals surface area (Å²) in [5, 5.41) is 12.5. The third-order valence-corrected chi connectivity index (χ3v) is 2.71. The largest absolute Gasteiger partial charge is 0.475 e. The second kappa shape index (κ2) is 3.03. The molecule has 70 valence electrons. The highest BCUT2D eigenvalue weighted by Gasteiger charge is 2.29. The van der Waals surface area contributed by atoms with Crippen LogP contribution in [0.2, 0.25) is 5.02 Å². The van der Waals surface area contributed by atoms with E-state index in [1.54, 1.807) is 0 Å². The first kappa shape index (κ1) is 8.56. The van der Waals surface area contributed by atoms with Crippen LogP contribution in [-0.2, 0) is 0 Å². The summed E-state index contributed by atoms with van der Waals surface area (Å²) in [6.07, 6.45) is 3.19. The third kappa shape index (κ3) is 1.31. The van der Waals surface area contributed by atoms with Crippen molar-refractivity contribution in [3.8, 4) is 0 Å². The number of aromatic carboxylic acids is 1. The molecule has 0 aliphatic heterocycles. The smallest absolute Gasteiger partial charge is 0.376 e. The molecule has 1 aliphatic rings. The molecule has 1 fully saturated rings. The zero-order valence-electron chi connectivity index (χ0n) is 6.79. The number of rotatable bonds is 2. The Bertz CT molecular complexity index is 343. The Morgan fingerprint density at radius 3 is 2.69 bits per heavy atom. The highest BCUT2D eigenvalue weighted by Crippen LogP contribution is 2.39. The first-order chi connectivity index (χ1) is 6.20. The average Bonchev–Trinajstić information content (AvgIpc) is 2.29. The van der Waals surface area contributed by atoms with Gasteiger partial charge in [-0.2, -0.15) is 0 Å². The summed E-state index contributed by atoms with van der Waals surface area (Å²) < 4.78 is 4.63. The van der Waals surface area contributed by atoms with E-state index >= 15 is 0 Å². The second-order valence-electron chi connectivity index (χ2n) is 3.14. The summed E-state index contributed by atoms with van der Waals surface area (Å²) >= 11 is 5.79. The number of hydrogen-bond acceptors (Lipinski definition) is 3. The molecule has 13 heavy (non-hydrogen) atoms. The van der Waals surface area contributed by atoms with Crippen LogP contribution in [0, 0.1) is 0 Å². The average molecular weight is 202 g/mol. The van der Waals surface area contributed by atoms with Gasteiger partial charge in [-0.3, -0.25) is 0 Å². The first-order valence-electron chi connectivity index (χ1n) is 4.08. The Labute approximate surface area is 79.5 Å². The van der Waals surface area contributed by atoms with Gasteiger partial charge in [0.25, 0.3) is 5.76 Å². The van der Waals surface area contributed by atoms with Gasteiger partial charge in [0.15, 0.2) is 0 Å². The first-order valence-corrected chi connectivity index (χ1v) is 4.46. The Morgan fingerprint density at radius 1 is 1.62 bits per heavy atom. The number of nitrogens with zero attached hydrogens (tertiary/aromatic N) is 1. The number of hydrogen-bond donors (Lipinski definition) is 1. The SMILES string of the molecule is O=C(O)c1onc(C2CCC2)c1Cl. The van der Waals surface area contributed by atoms with Gasteiger partial charge in [0.2, 0.25) is 0 Å². The van der Waals surface area contributed by atoms with Gasteiger partial charge >= 0.3 is 5.97 Å². The van der Waals surface area contributed by atoms with Crippen molar-refractivity contribution in [3.63, 3.8) is 0 Å². The molecule has 1 heterocycles. The van der Waals surface area contributed by atoms with Gasteiger partial charge in [-0.15, -0.1) is 0 Å². The summed E-state index contributed by atoms with van der Waals surface area (Å²) in [7, 11) is 0. The van der Waals surface area contributed by atoms with Gasteiger partial charge in [-0.1, -0.05) is 23.2 Å². The predicted octanol–water partition coefficient (Wildman–Crippen LogP) is 2.29. The summed E-state index contributed by atoms with van der Waals surface area (Å²) in [4.78, 5) is 10.5. The maximum absolute atomic E-state index is 10.5. The van der Waals surface area contributed by atoms with Crippen molar-refractivity contribution in [1.29, 1.82) is 0 Å². The van der Waals surface area contributed by atoms with E-state index in [0.717, 1.165) is 19.3 Å². The highest BCUT2D eigenvalue weighted by atomic mass is 35.5. The van der Waals surface area contributed by atoms with Crippen molar-refractivity contribution in [2.24, 2.45) is 0 Å². The fourth-order valence-electron chi connectivity index (χ4n) is 1.36. The second-order valence-corrected chi connectivity index (χ2v) is 3.52. The molecule has 1 aliphatic carbocycles. The molecule has 2 rings (SSSR count). The van der Waals surface area contributed by atoms with Crippen LogP contribution in [0.3, 0.4) is 0 Å². The van der Waals surface area contributed by atoms with Gasteiger partial charge < -0.3 is 9.63 Å². The minimum atomic E-state index is -1.16. The predicted molar refractivity (Wildman–Crippen MR) is 45.1 cm³/mol. The summed E-state index contributed by atoms with van der Waals surface area (Å²) in [6.45, 7) is 0. The van der Waals surface area contributed by atoms with Crippen LogP contribution < -0.4 is 0 Å². The van der Waals surface area contributed by atoms with Crippen LogP contribution in [0.15, 0.2) is 4.52 Å². The third-order valence-electron chi connectivity index (χ3n) is 2.35. The van der Waals surface area contributed by atoms with Gasteiger partial charge in [0, 0.05) is 5.92 Å². The molecule has 0 bridgehead atoms. The molecule has 0 saturated heterocycles. The quantitative estimate of drug-likeness (QED) is 0.798. The molecule has 0 spiro atoms. The maximum atomic E-state index is 10.5. The number of carboxylic acid groups (broad SMARTS) is 1. The number of aromatic nitrogens is 1. The van der Waals surface area contributed by atoms with E-state index in [9.17, 15) is 4.79 Å². The van der Waals surface area contributed by atoms with Crippen LogP contribution in [0.4, 0.5) is 0 Å². The van der Waals surface area contributed by atoms with E-state index in [1.165, 1.54) is 0 Å².